The van der Waals surface area contributed by atoms with Crippen LogP contribution in [0, 0.1) is 0 Å². The second-order valence-electron chi connectivity index (χ2n) is 16.1. The monoisotopic (exact) mass is 789 g/mol. The molecule has 0 atom stereocenters. The van der Waals surface area contributed by atoms with Gasteiger partial charge in [-0.3, -0.25) is 0 Å². The van der Waals surface area contributed by atoms with Crippen LogP contribution in [0.4, 0.5) is 17.1 Å². The molecule has 62 heavy (non-hydrogen) atoms. The van der Waals surface area contributed by atoms with Crippen molar-refractivity contribution in [1.29, 1.82) is 0 Å². The quantitative estimate of drug-likeness (QED) is 0.150. The third-order valence-electron chi connectivity index (χ3n) is 12.4. The van der Waals surface area contributed by atoms with E-state index in [2.05, 4.69) is 229 Å². The van der Waals surface area contributed by atoms with E-state index in [0.29, 0.717) is 0 Å². The number of benzene rings is 11. The Morgan fingerprint density at radius 1 is 0.258 bits per heavy atom. The second-order valence-corrected chi connectivity index (χ2v) is 16.1. The van der Waals surface area contributed by atoms with Crippen molar-refractivity contribution in [3.8, 4) is 44.5 Å². The summed E-state index contributed by atoms with van der Waals surface area (Å²) in [7, 11) is 0. The summed E-state index contributed by atoms with van der Waals surface area (Å²) in [6, 6.07) is 85.6. The van der Waals surface area contributed by atoms with E-state index in [1.807, 2.05) is 12.1 Å². The Bertz CT molecular complexity index is 3630. The van der Waals surface area contributed by atoms with Crippen molar-refractivity contribution >= 4 is 71.3 Å². The third-order valence-corrected chi connectivity index (χ3v) is 12.4. The molecule has 12 aromatic rings. The first-order valence-electron chi connectivity index (χ1n) is 21.2. The molecular formula is C60H39NO. The highest BCUT2D eigenvalue weighted by atomic mass is 16.3. The van der Waals surface area contributed by atoms with Gasteiger partial charge in [-0.1, -0.05) is 182 Å². The Labute approximate surface area is 360 Å². The highest BCUT2D eigenvalue weighted by Crippen LogP contribution is 2.42. The summed E-state index contributed by atoms with van der Waals surface area (Å²) in [5.74, 6) is 0. The van der Waals surface area contributed by atoms with Gasteiger partial charge in [0.2, 0.25) is 0 Å². The summed E-state index contributed by atoms with van der Waals surface area (Å²) in [6.07, 6.45) is 0. The zero-order chi connectivity index (χ0) is 41.0. The van der Waals surface area contributed by atoms with Crippen molar-refractivity contribution in [1.82, 2.24) is 0 Å². The lowest BCUT2D eigenvalue weighted by atomic mass is 9.94. The van der Waals surface area contributed by atoms with Gasteiger partial charge in [0.1, 0.15) is 11.2 Å². The predicted octanol–water partition coefficient (Wildman–Crippen LogP) is 17.2. The molecule has 12 rings (SSSR count). The fraction of sp³-hybridized carbons (Fsp3) is 0. The number of fused-ring (bicyclic) bond motifs is 7. The summed E-state index contributed by atoms with van der Waals surface area (Å²) in [6.45, 7) is 0. The van der Waals surface area contributed by atoms with Gasteiger partial charge in [0, 0.05) is 27.8 Å². The van der Waals surface area contributed by atoms with Gasteiger partial charge < -0.3 is 9.32 Å². The van der Waals surface area contributed by atoms with E-state index in [1.54, 1.807) is 0 Å². The zero-order valence-corrected chi connectivity index (χ0v) is 33.9. The maximum atomic E-state index is 6.27. The Kier molecular flexibility index (Phi) is 8.53. The fourth-order valence-electron chi connectivity index (χ4n) is 9.41. The lowest BCUT2D eigenvalue weighted by Gasteiger charge is -2.27. The molecule has 0 fully saturated rings. The van der Waals surface area contributed by atoms with Crippen LogP contribution in [0.15, 0.2) is 241 Å². The number of nitrogens with zero attached hydrogens (tertiary/aromatic N) is 1. The minimum absolute atomic E-state index is 0.898. The number of para-hydroxylation sites is 1. The Morgan fingerprint density at radius 3 is 1.61 bits per heavy atom. The molecule has 2 nitrogen and oxygen atoms in total. The predicted molar refractivity (Wildman–Crippen MR) is 263 cm³/mol. The minimum atomic E-state index is 0.898. The lowest BCUT2D eigenvalue weighted by Crippen LogP contribution is -2.10. The summed E-state index contributed by atoms with van der Waals surface area (Å²) in [5.41, 5.74) is 14.5. The van der Waals surface area contributed by atoms with Gasteiger partial charge in [0.05, 0.1) is 0 Å². The topological polar surface area (TPSA) is 16.4 Å². The van der Waals surface area contributed by atoms with Gasteiger partial charge in [0.25, 0.3) is 0 Å². The number of hydrogen-bond acceptors (Lipinski definition) is 2. The average molecular weight is 790 g/mol. The molecule has 290 valence electrons. The molecule has 0 aliphatic heterocycles. The standard InChI is InChI=1S/C60H39NO/c1-2-13-45-37-47(30-29-40(45)11-1)42-27-25-41(26-28-42)46-14-7-16-50(38-46)61(49-34-31-44(32-35-49)54-21-10-24-59-60(54)57-19-5-6-23-58(57)62-59)51-17-8-15-48(39-51)53-20-9-22-55-52-18-4-3-12-43(52)33-36-56(53)55/h1-39H. The van der Waals surface area contributed by atoms with Crippen molar-refractivity contribution in [3.63, 3.8) is 0 Å². The van der Waals surface area contributed by atoms with Gasteiger partial charge in [-0.05, 0) is 131 Å². The van der Waals surface area contributed by atoms with Crippen LogP contribution < -0.4 is 4.90 Å². The molecular weight excluding hydrogens is 751 g/mol. The minimum Gasteiger partial charge on any atom is -0.456 e. The van der Waals surface area contributed by atoms with E-state index >= 15 is 0 Å². The molecule has 0 amide bonds. The van der Waals surface area contributed by atoms with Crippen molar-refractivity contribution in [2.45, 2.75) is 0 Å². The highest BCUT2D eigenvalue weighted by Gasteiger charge is 2.18. The zero-order valence-electron chi connectivity index (χ0n) is 33.9. The molecule has 0 N–H and O–H groups in total. The first-order chi connectivity index (χ1) is 30.7. The molecule has 11 aromatic carbocycles. The maximum absolute atomic E-state index is 6.27. The van der Waals surface area contributed by atoms with E-state index in [4.69, 9.17) is 4.42 Å². The molecule has 1 heterocycles. The summed E-state index contributed by atoms with van der Waals surface area (Å²) in [5, 5.41) is 9.80. The van der Waals surface area contributed by atoms with Gasteiger partial charge >= 0.3 is 0 Å². The van der Waals surface area contributed by atoms with E-state index in [-0.39, 0.29) is 0 Å². The Hall–Kier alpha value is -8.20. The van der Waals surface area contributed by atoms with Gasteiger partial charge in [-0.15, -0.1) is 0 Å². The molecule has 0 unspecified atom stereocenters. The van der Waals surface area contributed by atoms with Crippen molar-refractivity contribution in [3.05, 3.63) is 237 Å². The molecule has 0 bridgehead atoms. The molecule has 0 saturated heterocycles. The van der Waals surface area contributed by atoms with E-state index in [0.717, 1.165) is 55.7 Å². The molecule has 0 aliphatic rings. The number of hydrogen-bond donors (Lipinski definition) is 0. The van der Waals surface area contributed by atoms with E-state index in [1.165, 1.54) is 60.1 Å². The Balaban J connectivity index is 0.965. The molecule has 0 aliphatic carbocycles. The summed E-state index contributed by atoms with van der Waals surface area (Å²) < 4.78 is 6.27. The molecule has 2 heteroatoms. The van der Waals surface area contributed by atoms with Crippen LogP contribution in [0.3, 0.4) is 0 Å². The lowest BCUT2D eigenvalue weighted by molar-refractivity contribution is 0.669. The third kappa shape index (κ3) is 6.20. The van der Waals surface area contributed by atoms with E-state index < -0.39 is 0 Å². The average Bonchev–Trinajstić information content (AvgIpc) is 3.73. The number of rotatable bonds is 7. The maximum Gasteiger partial charge on any atom is 0.136 e. The van der Waals surface area contributed by atoms with Crippen LogP contribution in [0.1, 0.15) is 0 Å². The van der Waals surface area contributed by atoms with Crippen molar-refractivity contribution < 1.29 is 4.42 Å². The summed E-state index contributed by atoms with van der Waals surface area (Å²) >= 11 is 0. The van der Waals surface area contributed by atoms with Crippen LogP contribution in [0.25, 0.3) is 98.8 Å². The molecule has 0 saturated carbocycles. The first-order valence-corrected chi connectivity index (χ1v) is 21.2. The fourth-order valence-corrected chi connectivity index (χ4v) is 9.41. The van der Waals surface area contributed by atoms with Crippen LogP contribution in [0.2, 0.25) is 0 Å². The van der Waals surface area contributed by atoms with Crippen LogP contribution in [-0.2, 0) is 0 Å². The number of furan rings is 1. The van der Waals surface area contributed by atoms with Crippen LogP contribution >= 0.6 is 0 Å². The van der Waals surface area contributed by atoms with Crippen molar-refractivity contribution in [2.75, 3.05) is 4.90 Å². The van der Waals surface area contributed by atoms with Crippen LogP contribution in [0.5, 0.6) is 0 Å². The SMILES string of the molecule is c1cc(-c2ccc(-c3ccc4ccccc4c3)cc2)cc(N(c2ccc(-c3cccc4oc5ccccc5c34)cc2)c2cccc(-c3cccc4c3ccc3ccccc34)c2)c1. The molecule has 0 spiro atoms. The molecule has 1 aromatic heterocycles. The highest BCUT2D eigenvalue weighted by molar-refractivity contribution is 6.13. The van der Waals surface area contributed by atoms with Gasteiger partial charge in [0.15, 0.2) is 0 Å². The Morgan fingerprint density at radius 2 is 0.806 bits per heavy atom. The van der Waals surface area contributed by atoms with Gasteiger partial charge in [-0.2, -0.15) is 0 Å². The normalized spacial score (nSPS) is 11.5. The first kappa shape index (κ1) is 35.7. The number of anilines is 3. The van der Waals surface area contributed by atoms with Crippen LogP contribution in [-0.4, -0.2) is 0 Å². The van der Waals surface area contributed by atoms with Crippen molar-refractivity contribution in [2.24, 2.45) is 0 Å². The van der Waals surface area contributed by atoms with E-state index in [9.17, 15) is 0 Å². The molecule has 0 radical (unpaired) electrons. The smallest absolute Gasteiger partial charge is 0.136 e. The second kappa shape index (κ2) is 14.8. The summed E-state index contributed by atoms with van der Waals surface area (Å²) in [4.78, 5) is 2.38. The van der Waals surface area contributed by atoms with Gasteiger partial charge in [-0.25, -0.2) is 0 Å². The largest absolute Gasteiger partial charge is 0.456 e.